The average molecular weight is 244 g/mol. The van der Waals surface area contributed by atoms with Crippen molar-refractivity contribution >= 4 is 11.6 Å². The van der Waals surface area contributed by atoms with Crippen LogP contribution in [0.4, 0.5) is 4.39 Å². The molecule has 1 atom stereocenters. The molecular weight excluding hydrogens is 229 g/mol. The number of benzene rings is 1. The van der Waals surface area contributed by atoms with Crippen LogP contribution in [0.2, 0.25) is 5.02 Å². The Bertz CT molecular complexity index is 377. The second kappa shape index (κ2) is 4.70. The Balaban J connectivity index is 2.16. The van der Waals surface area contributed by atoms with Crippen molar-refractivity contribution in [2.75, 3.05) is 19.7 Å². The summed E-state index contributed by atoms with van der Waals surface area (Å²) >= 11 is 5.63. The second-order valence-electron chi connectivity index (χ2n) is 4.51. The molecule has 1 aliphatic heterocycles. The van der Waals surface area contributed by atoms with Gasteiger partial charge in [-0.3, -0.25) is 0 Å². The van der Waals surface area contributed by atoms with Gasteiger partial charge in [-0.1, -0.05) is 17.7 Å². The third kappa shape index (κ3) is 2.37. The summed E-state index contributed by atoms with van der Waals surface area (Å²) in [4.78, 5) is 0. The maximum Gasteiger partial charge on any atom is 0.142 e. The lowest BCUT2D eigenvalue weighted by atomic mass is 9.81. The topological polar surface area (TPSA) is 32.3 Å². The van der Waals surface area contributed by atoms with Gasteiger partial charge in [-0.2, -0.15) is 0 Å². The predicted octanol–water partition coefficient (Wildman–Crippen LogP) is 1.99. The van der Waals surface area contributed by atoms with Crippen molar-refractivity contribution in [2.45, 2.75) is 12.8 Å². The molecule has 1 fully saturated rings. The van der Waals surface area contributed by atoms with Gasteiger partial charge in [-0.05, 0) is 37.1 Å². The van der Waals surface area contributed by atoms with E-state index in [2.05, 4.69) is 5.32 Å². The van der Waals surface area contributed by atoms with Crippen LogP contribution in [0.25, 0.3) is 0 Å². The molecule has 1 aromatic rings. The summed E-state index contributed by atoms with van der Waals surface area (Å²) in [6, 6.07) is 4.85. The first kappa shape index (κ1) is 11.8. The monoisotopic (exact) mass is 243 g/mol. The molecule has 0 aliphatic carbocycles. The van der Waals surface area contributed by atoms with E-state index in [0.717, 1.165) is 25.1 Å². The van der Waals surface area contributed by atoms with Crippen LogP contribution >= 0.6 is 11.6 Å². The molecule has 0 amide bonds. The number of rotatable bonds is 3. The molecule has 2 N–H and O–H groups in total. The lowest BCUT2D eigenvalue weighted by Gasteiger charge is -2.25. The van der Waals surface area contributed by atoms with E-state index in [4.69, 9.17) is 11.6 Å². The van der Waals surface area contributed by atoms with Gasteiger partial charge in [0.25, 0.3) is 0 Å². The van der Waals surface area contributed by atoms with Gasteiger partial charge in [0.05, 0.1) is 11.6 Å². The van der Waals surface area contributed by atoms with Gasteiger partial charge in [-0.25, -0.2) is 4.39 Å². The normalized spacial score (nSPS) is 24.9. The minimum atomic E-state index is -0.391. The summed E-state index contributed by atoms with van der Waals surface area (Å²) in [6.45, 7) is 1.83. The highest BCUT2D eigenvalue weighted by atomic mass is 35.5. The molecule has 1 unspecified atom stereocenters. The van der Waals surface area contributed by atoms with Gasteiger partial charge in [-0.15, -0.1) is 0 Å². The number of aliphatic hydroxyl groups excluding tert-OH is 1. The van der Waals surface area contributed by atoms with E-state index in [1.807, 2.05) is 6.07 Å². The molecular formula is C12H15ClFNO. The standard InChI is InChI=1S/C12H15ClFNO/c13-10-2-1-9(5-11(10)14)6-12(8-16)3-4-15-7-12/h1-2,5,15-16H,3-4,6-8H2. The van der Waals surface area contributed by atoms with Crippen molar-refractivity contribution in [3.8, 4) is 0 Å². The Morgan fingerprint density at radius 2 is 2.31 bits per heavy atom. The lowest BCUT2D eigenvalue weighted by Crippen LogP contribution is -2.30. The number of nitrogens with one attached hydrogen (secondary N) is 1. The van der Waals surface area contributed by atoms with Crippen molar-refractivity contribution in [1.82, 2.24) is 5.32 Å². The van der Waals surface area contributed by atoms with Crippen LogP contribution in [0.15, 0.2) is 18.2 Å². The molecule has 1 aliphatic rings. The lowest BCUT2D eigenvalue weighted by molar-refractivity contribution is 0.143. The van der Waals surface area contributed by atoms with Crippen molar-refractivity contribution in [1.29, 1.82) is 0 Å². The number of hydrogen-bond acceptors (Lipinski definition) is 2. The zero-order valence-electron chi connectivity index (χ0n) is 8.97. The largest absolute Gasteiger partial charge is 0.396 e. The first-order chi connectivity index (χ1) is 7.65. The number of halogens is 2. The van der Waals surface area contributed by atoms with Crippen molar-refractivity contribution in [3.63, 3.8) is 0 Å². The molecule has 2 nitrogen and oxygen atoms in total. The van der Waals surface area contributed by atoms with E-state index in [-0.39, 0.29) is 17.0 Å². The minimum Gasteiger partial charge on any atom is -0.396 e. The third-order valence-electron chi connectivity index (χ3n) is 3.23. The van der Waals surface area contributed by atoms with Gasteiger partial charge in [0.2, 0.25) is 0 Å². The molecule has 0 radical (unpaired) electrons. The van der Waals surface area contributed by atoms with Gasteiger partial charge < -0.3 is 10.4 Å². The fourth-order valence-electron chi connectivity index (χ4n) is 2.22. The summed E-state index contributed by atoms with van der Waals surface area (Å²) in [7, 11) is 0. The Morgan fingerprint density at radius 1 is 1.50 bits per heavy atom. The smallest absolute Gasteiger partial charge is 0.142 e. The van der Waals surface area contributed by atoms with Gasteiger partial charge in [0, 0.05) is 12.0 Å². The fraction of sp³-hybridized carbons (Fsp3) is 0.500. The summed E-state index contributed by atoms with van der Waals surface area (Å²) < 4.78 is 13.3. The molecule has 1 heterocycles. The Labute approximate surface area is 99.4 Å². The van der Waals surface area contributed by atoms with Gasteiger partial charge in [0.1, 0.15) is 5.82 Å². The average Bonchev–Trinajstić information content (AvgIpc) is 2.73. The van der Waals surface area contributed by atoms with Crippen LogP contribution in [0.5, 0.6) is 0 Å². The number of hydrogen-bond donors (Lipinski definition) is 2. The van der Waals surface area contributed by atoms with Crippen LogP contribution < -0.4 is 5.32 Å². The Hall–Kier alpha value is -0.640. The Morgan fingerprint density at radius 3 is 2.88 bits per heavy atom. The maximum atomic E-state index is 13.3. The minimum absolute atomic E-state index is 0.129. The molecule has 0 saturated carbocycles. The zero-order chi connectivity index (χ0) is 11.6. The predicted molar refractivity (Wildman–Crippen MR) is 62.1 cm³/mol. The molecule has 0 spiro atoms. The van der Waals surface area contributed by atoms with Crippen LogP contribution in [-0.4, -0.2) is 24.8 Å². The highest BCUT2D eigenvalue weighted by Gasteiger charge is 2.33. The maximum absolute atomic E-state index is 13.3. The van der Waals surface area contributed by atoms with Crippen molar-refractivity contribution < 1.29 is 9.50 Å². The van der Waals surface area contributed by atoms with E-state index in [1.54, 1.807) is 6.07 Å². The summed E-state index contributed by atoms with van der Waals surface area (Å²) in [5.74, 6) is -0.391. The van der Waals surface area contributed by atoms with Crippen LogP contribution in [0.1, 0.15) is 12.0 Å². The molecule has 2 rings (SSSR count). The van der Waals surface area contributed by atoms with Crippen LogP contribution in [0, 0.1) is 11.2 Å². The molecule has 88 valence electrons. The molecule has 0 aromatic heterocycles. The van der Waals surface area contributed by atoms with E-state index >= 15 is 0 Å². The number of aliphatic hydroxyl groups is 1. The third-order valence-corrected chi connectivity index (χ3v) is 3.54. The molecule has 1 aromatic carbocycles. The fourth-order valence-corrected chi connectivity index (χ4v) is 2.34. The van der Waals surface area contributed by atoms with E-state index < -0.39 is 5.82 Å². The first-order valence-electron chi connectivity index (χ1n) is 5.41. The molecule has 4 heteroatoms. The van der Waals surface area contributed by atoms with E-state index in [1.165, 1.54) is 6.07 Å². The zero-order valence-corrected chi connectivity index (χ0v) is 9.73. The van der Waals surface area contributed by atoms with E-state index in [0.29, 0.717) is 6.42 Å². The molecule has 1 saturated heterocycles. The van der Waals surface area contributed by atoms with Crippen molar-refractivity contribution in [2.24, 2.45) is 5.41 Å². The SMILES string of the molecule is OCC1(Cc2ccc(Cl)c(F)c2)CCNC1. The Kier molecular flexibility index (Phi) is 3.47. The summed E-state index contributed by atoms with van der Waals surface area (Å²) in [5, 5.41) is 12.8. The molecule has 16 heavy (non-hydrogen) atoms. The summed E-state index contributed by atoms with van der Waals surface area (Å²) in [5.41, 5.74) is 0.750. The van der Waals surface area contributed by atoms with Gasteiger partial charge >= 0.3 is 0 Å². The van der Waals surface area contributed by atoms with Crippen LogP contribution in [-0.2, 0) is 6.42 Å². The molecule has 0 bridgehead atoms. The van der Waals surface area contributed by atoms with Crippen LogP contribution in [0.3, 0.4) is 0 Å². The first-order valence-corrected chi connectivity index (χ1v) is 5.79. The van der Waals surface area contributed by atoms with Gasteiger partial charge in [0.15, 0.2) is 0 Å². The summed E-state index contributed by atoms with van der Waals surface area (Å²) in [6.07, 6.45) is 1.61. The van der Waals surface area contributed by atoms with E-state index in [9.17, 15) is 9.50 Å². The second-order valence-corrected chi connectivity index (χ2v) is 4.92. The highest BCUT2D eigenvalue weighted by Crippen LogP contribution is 2.30. The quantitative estimate of drug-likeness (QED) is 0.851. The van der Waals surface area contributed by atoms with Crippen molar-refractivity contribution in [3.05, 3.63) is 34.6 Å². The highest BCUT2D eigenvalue weighted by molar-refractivity contribution is 6.30.